The fraction of sp³-hybridized carbons (Fsp3) is 0.348. The zero-order valence-electron chi connectivity index (χ0n) is 17.2. The number of nitrogens with two attached hydrogens (primary N) is 1. The Morgan fingerprint density at radius 3 is 2.69 bits per heavy atom. The summed E-state index contributed by atoms with van der Waals surface area (Å²) in [5.74, 6) is -1.47. The molecule has 1 saturated heterocycles. The van der Waals surface area contributed by atoms with Crippen molar-refractivity contribution in [3.63, 3.8) is 0 Å². The molecule has 6 nitrogen and oxygen atoms in total. The van der Waals surface area contributed by atoms with Crippen molar-refractivity contribution in [3.8, 4) is 10.6 Å². The van der Waals surface area contributed by atoms with Crippen molar-refractivity contribution in [2.75, 3.05) is 10.6 Å². The van der Waals surface area contributed by atoms with Gasteiger partial charge in [0.1, 0.15) is 27.9 Å². The fourth-order valence-electron chi connectivity index (χ4n) is 4.65. The van der Waals surface area contributed by atoms with Crippen LogP contribution in [0.2, 0.25) is 0 Å². The highest BCUT2D eigenvalue weighted by Gasteiger charge is 2.40. The summed E-state index contributed by atoms with van der Waals surface area (Å²) in [6.45, 7) is 0. The van der Waals surface area contributed by atoms with Crippen molar-refractivity contribution in [2.45, 2.75) is 44.4 Å². The molecule has 2 aliphatic rings. The van der Waals surface area contributed by atoms with E-state index < -0.39 is 23.8 Å². The number of nitrogen functional groups attached to an aromatic ring is 1. The second kappa shape index (κ2) is 8.55. The van der Waals surface area contributed by atoms with Crippen LogP contribution in [0.25, 0.3) is 10.6 Å². The average Bonchev–Trinajstić information content (AvgIpc) is 3.40. The van der Waals surface area contributed by atoms with E-state index in [1.807, 2.05) is 0 Å². The minimum atomic E-state index is -0.759. The zero-order valence-corrected chi connectivity index (χ0v) is 18.0. The summed E-state index contributed by atoms with van der Waals surface area (Å²) in [5.41, 5.74) is 6.34. The molecule has 5 rings (SSSR count). The van der Waals surface area contributed by atoms with Gasteiger partial charge in [-0.2, -0.15) is 0 Å². The predicted octanol–water partition coefficient (Wildman–Crippen LogP) is 5.02. The van der Waals surface area contributed by atoms with Crippen LogP contribution in [-0.4, -0.2) is 28.2 Å². The van der Waals surface area contributed by atoms with Gasteiger partial charge >= 0.3 is 0 Å². The molecule has 0 spiro atoms. The highest BCUT2D eigenvalue weighted by molar-refractivity contribution is 7.19. The molecule has 9 heteroatoms. The number of halogens is 2. The number of hydrogen-bond donors (Lipinski definition) is 1. The molecule has 1 aromatic carbocycles. The maximum atomic E-state index is 14.3. The highest BCUT2D eigenvalue weighted by atomic mass is 32.1. The summed E-state index contributed by atoms with van der Waals surface area (Å²) < 4.78 is 34.9. The molecular formula is C23H22F2N4O2S. The van der Waals surface area contributed by atoms with E-state index >= 15 is 0 Å². The number of fused-ring (bicyclic) bond motifs is 1. The minimum absolute atomic E-state index is 0.0213. The van der Waals surface area contributed by atoms with Crippen molar-refractivity contribution in [1.82, 2.24) is 9.97 Å². The predicted molar refractivity (Wildman–Crippen MR) is 118 cm³/mol. The molecule has 2 N–H and O–H groups in total. The van der Waals surface area contributed by atoms with Crippen LogP contribution in [0.4, 0.5) is 19.5 Å². The van der Waals surface area contributed by atoms with Crippen LogP contribution in [0, 0.1) is 17.6 Å². The van der Waals surface area contributed by atoms with E-state index in [9.17, 15) is 13.6 Å². The average molecular weight is 457 g/mol. The van der Waals surface area contributed by atoms with Gasteiger partial charge in [-0.1, -0.05) is 23.8 Å². The molecule has 3 unspecified atom stereocenters. The Balaban J connectivity index is 1.51. The molecule has 3 aromatic rings. The SMILES string of the molecule is Nc1sc(-c2c(F)cccc2F)nc1C(=O)N(c1cccnc1)C1CCC2CCCC2O1. The number of anilines is 2. The standard InChI is InChI=1S/C23H22F2N4O2S/c24-15-6-2-7-16(25)19(15)22-28-20(21(26)32-22)23(30)29(14-5-3-11-27-12-14)18-10-9-13-4-1-8-17(13)31-18/h2-3,5-7,11-13,17-18H,1,4,8-10,26H2. The number of amides is 1. The second-order valence-corrected chi connectivity index (χ2v) is 9.14. The third kappa shape index (κ3) is 3.75. The number of ether oxygens (including phenoxy) is 1. The molecule has 1 aliphatic heterocycles. The van der Waals surface area contributed by atoms with Crippen molar-refractivity contribution in [2.24, 2.45) is 5.92 Å². The van der Waals surface area contributed by atoms with Gasteiger partial charge in [0.2, 0.25) is 0 Å². The number of carbonyl (C=O) groups is 1. The maximum absolute atomic E-state index is 14.3. The van der Waals surface area contributed by atoms with Crippen LogP contribution in [0.3, 0.4) is 0 Å². The first kappa shape index (κ1) is 21.0. The number of rotatable bonds is 4. The number of pyridine rings is 1. The lowest BCUT2D eigenvalue weighted by molar-refractivity contribution is -0.0675. The van der Waals surface area contributed by atoms with E-state index in [0.29, 0.717) is 18.0 Å². The zero-order chi connectivity index (χ0) is 22.2. The molecule has 0 radical (unpaired) electrons. The molecule has 32 heavy (non-hydrogen) atoms. The van der Waals surface area contributed by atoms with Crippen LogP contribution in [0.5, 0.6) is 0 Å². The topological polar surface area (TPSA) is 81.3 Å². The molecule has 1 saturated carbocycles. The molecular weight excluding hydrogens is 434 g/mol. The van der Waals surface area contributed by atoms with Gasteiger partial charge in [-0.3, -0.25) is 14.7 Å². The smallest absolute Gasteiger partial charge is 0.282 e. The van der Waals surface area contributed by atoms with Crippen LogP contribution >= 0.6 is 11.3 Å². The summed E-state index contributed by atoms with van der Waals surface area (Å²) in [6, 6.07) is 7.08. The summed E-state index contributed by atoms with van der Waals surface area (Å²) in [7, 11) is 0. The Morgan fingerprint density at radius 1 is 1.12 bits per heavy atom. The fourth-order valence-corrected chi connectivity index (χ4v) is 5.52. The van der Waals surface area contributed by atoms with Gasteiger partial charge in [-0.25, -0.2) is 13.8 Å². The monoisotopic (exact) mass is 456 g/mol. The van der Waals surface area contributed by atoms with Gasteiger partial charge in [0.05, 0.1) is 23.6 Å². The van der Waals surface area contributed by atoms with Gasteiger partial charge in [0.15, 0.2) is 5.69 Å². The number of benzene rings is 1. The van der Waals surface area contributed by atoms with Gasteiger partial charge in [-0.05, 0) is 55.9 Å². The molecule has 3 heterocycles. The lowest BCUT2D eigenvalue weighted by Gasteiger charge is -2.38. The van der Waals surface area contributed by atoms with Crippen LogP contribution < -0.4 is 10.6 Å². The van der Waals surface area contributed by atoms with Gasteiger partial charge in [0.25, 0.3) is 5.91 Å². The van der Waals surface area contributed by atoms with E-state index in [1.54, 1.807) is 24.5 Å². The van der Waals surface area contributed by atoms with E-state index in [1.165, 1.54) is 11.0 Å². The van der Waals surface area contributed by atoms with Gasteiger partial charge in [0, 0.05) is 6.20 Å². The molecule has 2 fully saturated rings. The molecule has 2 aromatic heterocycles. The minimum Gasteiger partial charge on any atom is -0.389 e. The third-order valence-corrected chi connectivity index (χ3v) is 7.07. The van der Waals surface area contributed by atoms with Gasteiger partial charge < -0.3 is 10.5 Å². The Hall–Kier alpha value is -2.91. The van der Waals surface area contributed by atoms with Crippen LogP contribution in [0.15, 0.2) is 42.7 Å². The summed E-state index contributed by atoms with van der Waals surface area (Å²) >= 11 is 0.882. The lowest BCUT2D eigenvalue weighted by Crippen LogP contribution is -2.47. The van der Waals surface area contributed by atoms with E-state index in [4.69, 9.17) is 10.5 Å². The number of hydrogen-bond acceptors (Lipinski definition) is 6. The Bertz CT molecular complexity index is 1120. The molecule has 1 amide bonds. The molecule has 0 bridgehead atoms. The van der Waals surface area contributed by atoms with Crippen molar-refractivity contribution in [1.29, 1.82) is 0 Å². The van der Waals surface area contributed by atoms with E-state index in [-0.39, 0.29) is 27.4 Å². The van der Waals surface area contributed by atoms with Crippen LogP contribution in [0.1, 0.15) is 42.6 Å². The highest BCUT2D eigenvalue weighted by Crippen LogP contribution is 2.40. The summed E-state index contributed by atoms with van der Waals surface area (Å²) in [4.78, 5) is 23.6. The lowest BCUT2D eigenvalue weighted by atomic mass is 9.95. The van der Waals surface area contributed by atoms with E-state index in [2.05, 4.69) is 9.97 Å². The quantitative estimate of drug-likeness (QED) is 0.596. The van der Waals surface area contributed by atoms with Crippen molar-refractivity contribution >= 4 is 27.9 Å². The molecule has 1 aliphatic carbocycles. The normalized spacial score (nSPS) is 22.5. The summed E-state index contributed by atoms with van der Waals surface area (Å²) in [5, 5.41) is 0.115. The van der Waals surface area contributed by atoms with Crippen molar-refractivity contribution in [3.05, 3.63) is 60.1 Å². The van der Waals surface area contributed by atoms with Crippen LogP contribution in [-0.2, 0) is 4.74 Å². The first-order valence-electron chi connectivity index (χ1n) is 10.6. The number of carbonyl (C=O) groups excluding carboxylic acids is 1. The molecule has 166 valence electrons. The summed E-state index contributed by atoms with van der Waals surface area (Å²) in [6.07, 6.45) is 7.75. The molecule has 3 atom stereocenters. The third-order valence-electron chi connectivity index (χ3n) is 6.17. The maximum Gasteiger partial charge on any atom is 0.282 e. The Kier molecular flexibility index (Phi) is 5.60. The Labute approximate surface area is 188 Å². The largest absolute Gasteiger partial charge is 0.389 e. The number of thiazole rings is 1. The first-order valence-corrected chi connectivity index (χ1v) is 11.4. The second-order valence-electron chi connectivity index (χ2n) is 8.11. The first-order chi connectivity index (χ1) is 15.5. The number of aromatic nitrogens is 2. The number of nitrogens with zero attached hydrogens (tertiary/aromatic N) is 3. The van der Waals surface area contributed by atoms with E-state index in [0.717, 1.165) is 49.2 Å². The Morgan fingerprint density at radius 2 is 1.94 bits per heavy atom. The van der Waals surface area contributed by atoms with Crippen molar-refractivity contribution < 1.29 is 18.3 Å². The van der Waals surface area contributed by atoms with Gasteiger partial charge in [-0.15, -0.1) is 0 Å².